The maximum absolute atomic E-state index is 11.4. The van der Waals surface area contributed by atoms with E-state index in [9.17, 15) is 9.59 Å². The molecule has 0 radical (unpaired) electrons. The second-order valence-corrected chi connectivity index (χ2v) is 4.99. The van der Waals surface area contributed by atoms with Crippen molar-refractivity contribution in [3.8, 4) is 0 Å². The van der Waals surface area contributed by atoms with Crippen molar-refractivity contribution in [2.45, 2.75) is 13.0 Å². The minimum absolute atomic E-state index is 0.127. The second-order valence-electron chi connectivity index (χ2n) is 4.99. The predicted molar refractivity (Wildman–Crippen MR) is 65.4 cm³/mol. The van der Waals surface area contributed by atoms with E-state index < -0.39 is 10.9 Å². The van der Waals surface area contributed by atoms with Gasteiger partial charge in [0.1, 0.15) is 5.76 Å². The molecule has 5 nitrogen and oxygen atoms in total. The molecular weight excluding hydrogens is 234 g/mol. The van der Waals surface area contributed by atoms with E-state index in [4.69, 9.17) is 9.15 Å². The first-order valence-electron chi connectivity index (χ1n) is 5.78. The quantitative estimate of drug-likeness (QED) is 0.818. The molecule has 3 rings (SSSR count). The summed E-state index contributed by atoms with van der Waals surface area (Å²) in [5.41, 5.74) is -0.687. The van der Waals surface area contributed by atoms with E-state index in [1.165, 1.54) is 6.07 Å². The molecule has 18 heavy (non-hydrogen) atoms. The third-order valence-electron chi connectivity index (χ3n) is 3.43. The number of hydrogen-bond acceptors (Lipinski definition) is 5. The van der Waals surface area contributed by atoms with E-state index in [-0.39, 0.29) is 11.5 Å². The summed E-state index contributed by atoms with van der Waals surface area (Å²) in [6, 6.07) is 4.81. The molecule has 1 fully saturated rings. The van der Waals surface area contributed by atoms with E-state index in [0.29, 0.717) is 18.9 Å². The molecule has 1 aromatic heterocycles. The molecule has 0 amide bonds. The number of rotatable bonds is 4. The van der Waals surface area contributed by atoms with Crippen molar-refractivity contribution >= 4 is 5.69 Å². The Kier molecular flexibility index (Phi) is 2.38. The smallest absolute Gasteiger partial charge is 0.248 e. The van der Waals surface area contributed by atoms with Gasteiger partial charge in [0.25, 0.3) is 0 Å². The molecular formula is C13H13NO4. The third kappa shape index (κ3) is 1.59. The molecule has 94 valence electrons. The van der Waals surface area contributed by atoms with Crippen LogP contribution in [-0.4, -0.2) is 13.2 Å². The number of nitrogens with one attached hydrogen (secondary N) is 1. The van der Waals surface area contributed by atoms with Crippen molar-refractivity contribution < 1.29 is 9.15 Å². The van der Waals surface area contributed by atoms with Crippen LogP contribution in [0.15, 0.2) is 38.5 Å². The topological polar surface area (TPSA) is 68.5 Å². The summed E-state index contributed by atoms with van der Waals surface area (Å²) >= 11 is 0. The van der Waals surface area contributed by atoms with Gasteiger partial charge in [0.2, 0.25) is 10.9 Å². The van der Waals surface area contributed by atoms with E-state index in [1.54, 1.807) is 12.3 Å². The molecule has 1 atom stereocenters. The van der Waals surface area contributed by atoms with Crippen LogP contribution in [0.4, 0.5) is 5.69 Å². The van der Waals surface area contributed by atoms with E-state index in [2.05, 4.69) is 12.2 Å². The van der Waals surface area contributed by atoms with Crippen LogP contribution < -0.4 is 16.2 Å². The lowest BCUT2D eigenvalue weighted by Crippen LogP contribution is -2.48. The molecule has 0 bridgehead atoms. The normalized spacial score (nSPS) is 19.4. The summed E-state index contributed by atoms with van der Waals surface area (Å²) in [7, 11) is 0. The Labute approximate surface area is 103 Å². The molecule has 2 heterocycles. The van der Waals surface area contributed by atoms with Gasteiger partial charge in [-0.25, -0.2) is 0 Å². The highest BCUT2D eigenvalue weighted by Crippen LogP contribution is 2.41. The molecule has 1 saturated heterocycles. The van der Waals surface area contributed by atoms with Crippen molar-refractivity contribution in [1.82, 2.24) is 0 Å². The summed E-state index contributed by atoms with van der Waals surface area (Å²) < 4.78 is 10.7. The van der Waals surface area contributed by atoms with Crippen molar-refractivity contribution in [2.24, 2.45) is 5.41 Å². The van der Waals surface area contributed by atoms with Crippen LogP contribution in [0, 0.1) is 5.41 Å². The highest BCUT2D eigenvalue weighted by Gasteiger charge is 2.44. The van der Waals surface area contributed by atoms with Gasteiger partial charge in [-0.2, -0.15) is 0 Å². The zero-order chi connectivity index (χ0) is 12.8. The Morgan fingerprint density at radius 1 is 1.39 bits per heavy atom. The molecule has 1 aliphatic heterocycles. The maximum atomic E-state index is 11.4. The zero-order valence-electron chi connectivity index (χ0n) is 9.93. The van der Waals surface area contributed by atoms with Crippen molar-refractivity contribution in [3.63, 3.8) is 0 Å². The van der Waals surface area contributed by atoms with Crippen LogP contribution >= 0.6 is 0 Å². The monoisotopic (exact) mass is 247 g/mol. The zero-order valence-corrected chi connectivity index (χ0v) is 9.93. The fourth-order valence-corrected chi connectivity index (χ4v) is 2.21. The van der Waals surface area contributed by atoms with Gasteiger partial charge in [-0.05, 0) is 12.1 Å². The van der Waals surface area contributed by atoms with Gasteiger partial charge in [-0.1, -0.05) is 6.92 Å². The Morgan fingerprint density at radius 3 is 2.61 bits per heavy atom. The molecule has 1 aromatic carbocycles. The molecule has 1 N–H and O–H groups in total. The van der Waals surface area contributed by atoms with Crippen LogP contribution in [0.25, 0.3) is 0 Å². The van der Waals surface area contributed by atoms with Crippen LogP contribution in [0.3, 0.4) is 0 Å². The summed E-state index contributed by atoms with van der Waals surface area (Å²) in [5, 5.41) is 3.10. The molecule has 2 aromatic rings. The largest absolute Gasteiger partial charge is 0.467 e. The van der Waals surface area contributed by atoms with E-state index in [0.717, 1.165) is 5.76 Å². The van der Waals surface area contributed by atoms with Crippen molar-refractivity contribution in [2.75, 3.05) is 18.5 Å². The van der Waals surface area contributed by atoms with Gasteiger partial charge in [-0.3, -0.25) is 9.59 Å². The molecule has 0 saturated carbocycles. The van der Waals surface area contributed by atoms with Gasteiger partial charge in [-0.15, -0.1) is 0 Å². The first kappa shape index (κ1) is 11.2. The maximum Gasteiger partial charge on any atom is 0.248 e. The lowest BCUT2D eigenvalue weighted by Gasteiger charge is -2.44. The Bertz CT molecular complexity index is 618. The Hall–Kier alpha value is -1.88. The average Bonchev–Trinajstić information content (AvgIpc) is 2.84. The molecule has 5 heteroatoms. The summed E-state index contributed by atoms with van der Waals surface area (Å²) in [4.78, 5) is 22.3. The second kappa shape index (κ2) is 3.81. The minimum atomic E-state index is -0.463. The molecule has 1 aliphatic rings. The first-order valence-corrected chi connectivity index (χ1v) is 5.78. The van der Waals surface area contributed by atoms with Gasteiger partial charge in [0.15, 0.2) is 0 Å². The lowest BCUT2D eigenvalue weighted by atomic mass is 9.79. The standard InChI is InChI=1S/C13H13NO4/c1-13(6-17-7-13)12(10-3-2-4-18-10)14-8-5-9(15)11(8)16/h2-5,12,14H,6-7H2,1H3. The number of anilines is 1. The van der Waals surface area contributed by atoms with Crippen LogP contribution in [-0.2, 0) is 4.74 Å². The van der Waals surface area contributed by atoms with Crippen LogP contribution in [0.2, 0.25) is 0 Å². The number of hydrogen-bond donors (Lipinski definition) is 1. The fraction of sp³-hybridized carbons (Fsp3) is 0.385. The van der Waals surface area contributed by atoms with Gasteiger partial charge in [0.05, 0.1) is 31.2 Å². The van der Waals surface area contributed by atoms with Crippen LogP contribution in [0.1, 0.15) is 18.7 Å². The number of ether oxygens (including phenoxy) is 1. The Balaban J connectivity index is 1.89. The van der Waals surface area contributed by atoms with Crippen LogP contribution in [0.5, 0.6) is 0 Å². The summed E-state index contributed by atoms with van der Waals surface area (Å²) in [6.45, 7) is 3.25. The SMILES string of the molecule is CC1(C(Nc2cc(=O)c2=O)c2ccco2)COC1. The molecule has 0 spiro atoms. The first-order chi connectivity index (χ1) is 8.60. The van der Waals surface area contributed by atoms with Gasteiger partial charge >= 0.3 is 0 Å². The Morgan fingerprint density at radius 2 is 2.17 bits per heavy atom. The third-order valence-corrected chi connectivity index (χ3v) is 3.43. The lowest BCUT2D eigenvalue weighted by molar-refractivity contribution is -0.114. The highest BCUT2D eigenvalue weighted by molar-refractivity contribution is 5.49. The summed E-state index contributed by atoms with van der Waals surface area (Å²) in [6.07, 6.45) is 1.59. The summed E-state index contributed by atoms with van der Waals surface area (Å²) in [5.74, 6) is 0.744. The number of furan rings is 1. The highest BCUT2D eigenvalue weighted by atomic mass is 16.5. The molecule has 0 aliphatic carbocycles. The fourth-order valence-electron chi connectivity index (χ4n) is 2.21. The minimum Gasteiger partial charge on any atom is -0.467 e. The molecule has 1 unspecified atom stereocenters. The predicted octanol–water partition coefficient (Wildman–Crippen LogP) is 1.07. The van der Waals surface area contributed by atoms with E-state index >= 15 is 0 Å². The van der Waals surface area contributed by atoms with Gasteiger partial charge in [0, 0.05) is 11.5 Å². The van der Waals surface area contributed by atoms with Crippen molar-refractivity contribution in [3.05, 3.63) is 50.7 Å². The van der Waals surface area contributed by atoms with Gasteiger partial charge < -0.3 is 14.5 Å². The average molecular weight is 247 g/mol. The van der Waals surface area contributed by atoms with Crippen molar-refractivity contribution in [1.29, 1.82) is 0 Å². The van der Waals surface area contributed by atoms with E-state index in [1.807, 2.05) is 6.07 Å².